The van der Waals surface area contributed by atoms with E-state index in [1.807, 2.05) is 13.8 Å². The molecule has 0 saturated heterocycles. The van der Waals surface area contributed by atoms with Crippen molar-refractivity contribution < 1.29 is 9.90 Å². The minimum atomic E-state index is -0.497. The maximum absolute atomic E-state index is 11.1. The van der Waals surface area contributed by atoms with Crippen molar-refractivity contribution in [1.82, 2.24) is 5.32 Å². The van der Waals surface area contributed by atoms with E-state index in [1.54, 1.807) is 6.92 Å². The number of hydrogen-bond acceptors (Lipinski definition) is 3. The first kappa shape index (κ1) is 11.4. The summed E-state index contributed by atoms with van der Waals surface area (Å²) in [6.07, 6.45) is 0.533. The van der Waals surface area contributed by atoms with Crippen LogP contribution in [0.3, 0.4) is 0 Å². The van der Waals surface area contributed by atoms with E-state index >= 15 is 0 Å². The normalized spacial score (nSPS) is 14.1. The van der Waals surface area contributed by atoms with Crippen LogP contribution < -0.4 is 11.1 Å². The van der Waals surface area contributed by atoms with E-state index in [4.69, 9.17) is 10.8 Å². The van der Waals surface area contributed by atoms with E-state index in [1.165, 1.54) is 0 Å². The summed E-state index contributed by atoms with van der Waals surface area (Å²) >= 11 is 0. The molecule has 1 atom stereocenters. The van der Waals surface area contributed by atoms with Gasteiger partial charge in [-0.2, -0.15) is 0 Å². The van der Waals surface area contributed by atoms with Crippen molar-refractivity contribution in [2.75, 3.05) is 6.61 Å². The molecule has 0 radical (unpaired) electrons. The second-order valence-electron chi connectivity index (χ2n) is 3.64. The summed E-state index contributed by atoms with van der Waals surface area (Å²) in [6.45, 7) is 5.39. The Kier molecular flexibility index (Phi) is 4.20. The van der Waals surface area contributed by atoms with Gasteiger partial charge in [-0.25, -0.2) is 0 Å². The van der Waals surface area contributed by atoms with Crippen molar-refractivity contribution in [2.45, 2.75) is 38.8 Å². The number of amides is 1. The zero-order valence-electron chi connectivity index (χ0n) is 7.92. The maximum atomic E-state index is 11.1. The molecule has 0 spiro atoms. The quantitative estimate of drug-likeness (QED) is 0.543. The maximum Gasteiger partial charge on any atom is 0.237 e. The molecule has 12 heavy (non-hydrogen) atoms. The van der Waals surface area contributed by atoms with Crippen molar-refractivity contribution >= 4 is 5.91 Å². The van der Waals surface area contributed by atoms with Gasteiger partial charge in [-0.15, -0.1) is 0 Å². The van der Waals surface area contributed by atoms with E-state index in [-0.39, 0.29) is 18.1 Å². The van der Waals surface area contributed by atoms with Crippen molar-refractivity contribution in [1.29, 1.82) is 0 Å². The zero-order valence-corrected chi connectivity index (χ0v) is 7.92. The van der Waals surface area contributed by atoms with E-state index in [9.17, 15) is 4.79 Å². The van der Waals surface area contributed by atoms with Gasteiger partial charge in [0.2, 0.25) is 5.91 Å². The molecule has 1 amide bonds. The molecule has 0 bridgehead atoms. The number of rotatable bonds is 4. The lowest BCUT2D eigenvalue weighted by Gasteiger charge is -2.26. The van der Waals surface area contributed by atoms with Gasteiger partial charge < -0.3 is 16.2 Å². The summed E-state index contributed by atoms with van der Waals surface area (Å²) in [7, 11) is 0. The fourth-order valence-corrected chi connectivity index (χ4v) is 0.789. The van der Waals surface area contributed by atoms with Crippen LogP contribution in [0.4, 0.5) is 0 Å². The first-order valence-electron chi connectivity index (χ1n) is 4.07. The second-order valence-corrected chi connectivity index (χ2v) is 3.64. The topological polar surface area (TPSA) is 75.4 Å². The molecule has 72 valence electrons. The van der Waals surface area contributed by atoms with E-state index in [2.05, 4.69) is 5.32 Å². The second kappa shape index (κ2) is 4.42. The lowest BCUT2D eigenvalue weighted by Crippen LogP contribution is -2.49. The largest absolute Gasteiger partial charge is 0.396 e. The van der Waals surface area contributed by atoms with Crippen LogP contribution in [-0.2, 0) is 4.79 Å². The van der Waals surface area contributed by atoms with Gasteiger partial charge in [0.05, 0.1) is 6.04 Å². The Balaban J connectivity index is 3.96. The monoisotopic (exact) mass is 174 g/mol. The van der Waals surface area contributed by atoms with Crippen LogP contribution in [0.1, 0.15) is 27.2 Å². The standard InChI is InChI=1S/C8H18N2O2/c1-6(9)7(12)10-8(2,3)4-5-11/h6,11H,4-5,9H2,1-3H3,(H,10,12). The summed E-state index contributed by atoms with van der Waals surface area (Å²) in [5.74, 6) is -0.187. The molecule has 0 aromatic carbocycles. The van der Waals surface area contributed by atoms with Crippen molar-refractivity contribution in [3.8, 4) is 0 Å². The molecule has 0 heterocycles. The van der Waals surface area contributed by atoms with Crippen LogP contribution in [-0.4, -0.2) is 29.2 Å². The molecule has 4 N–H and O–H groups in total. The molecule has 0 aliphatic rings. The third kappa shape index (κ3) is 4.31. The molecule has 0 saturated carbocycles. The fourth-order valence-electron chi connectivity index (χ4n) is 0.789. The van der Waals surface area contributed by atoms with Gasteiger partial charge in [-0.1, -0.05) is 0 Å². The zero-order chi connectivity index (χ0) is 9.78. The van der Waals surface area contributed by atoms with Gasteiger partial charge in [-0.3, -0.25) is 4.79 Å². The van der Waals surface area contributed by atoms with Gasteiger partial charge in [0.15, 0.2) is 0 Å². The van der Waals surface area contributed by atoms with Gasteiger partial charge in [-0.05, 0) is 27.2 Å². The molecular weight excluding hydrogens is 156 g/mol. The molecule has 1 unspecified atom stereocenters. The molecular formula is C8H18N2O2. The van der Waals surface area contributed by atoms with Crippen LogP contribution in [0.5, 0.6) is 0 Å². The summed E-state index contributed by atoms with van der Waals surface area (Å²) in [6, 6.07) is -0.497. The molecule has 0 aliphatic carbocycles. The van der Waals surface area contributed by atoms with Crippen LogP contribution in [0.25, 0.3) is 0 Å². The number of hydrogen-bond donors (Lipinski definition) is 3. The Labute approximate surface area is 73.1 Å². The predicted octanol–water partition coefficient (Wildman–Crippen LogP) is -0.389. The molecule has 0 aliphatic heterocycles. The van der Waals surface area contributed by atoms with E-state index in [0.29, 0.717) is 6.42 Å². The Bertz CT molecular complexity index is 155. The number of carbonyl (C=O) groups is 1. The number of nitrogens with two attached hydrogens (primary N) is 1. The average Bonchev–Trinajstić information content (AvgIpc) is 1.85. The number of aliphatic hydroxyl groups is 1. The summed E-state index contributed by atoms with van der Waals surface area (Å²) < 4.78 is 0. The lowest BCUT2D eigenvalue weighted by molar-refractivity contribution is -0.123. The fraction of sp³-hybridized carbons (Fsp3) is 0.875. The molecule has 4 nitrogen and oxygen atoms in total. The summed E-state index contributed by atoms with van der Waals surface area (Å²) in [5.41, 5.74) is 4.99. The summed E-state index contributed by atoms with van der Waals surface area (Å²) in [5, 5.41) is 11.4. The Morgan fingerprint density at radius 1 is 1.67 bits per heavy atom. The van der Waals surface area contributed by atoms with Crippen LogP contribution in [0.2, 0.25) is 0 Å². The summed E-state index contributed by atoms with van der Waals surface area (Å²) in [4.78, 5) is 11.1. The van der Waals surface area contributed by atoms with Crippen molar-refractivity contribution in [3.63, 3.8) is 0 Å². The third-order valence-electron chi connectivity index (χ3n) is 1.61. The Morgan fingerprint density at radius 2 is 2.17 bits per heavy atom. The number of carbonyl (C=O) groups excluding carboxylic acids is 1. The van der Waals surface area contributed by atoms with Crippen molar-refractivity contribution in [3.05, 3.63) is 0 Å². The molecule has 0 aromatic rings. The van der Waals surface area contributed by atoms with Crippen LogP contribution in [0, 0.1) is 0 Å². The first-order valence-corrected chi connectivity index (χ1v) is 4.07. The number of aliphatic hydroxyl groups excluding tert-OH is 1. The SMILES string of the molecule is CC(N)C(=O)NC(C)(C)CCO. The smallest absolute Gasteiger partial charge is 0.237 e. The third-order valence-corrected chi connectivity index (χ3v) is 1.61. The van der Waals surface area contributed by atoms with Crippen LogP contribution >= 0.6 is 0 Å². The number of nitrogens with one attached hydrogen (secondary N) is 1. The average molecular weight is 174 g/mol. The molecule has 4 heteroatoms. The minimum absolute atomic E-state index is 0.0617. The minimum Gasteiger partial charge on any atom is -0.396 e. The molecule has 0 rings (SSSR count). The van der Waals surface area contributed by atoms with Gasteiger partial charge in [0.1, 0.15) is 0 Å². The van der Waals surface area contributed by atoms with Gasteiger partial charge in [0, 0.05) is 12.1 Å². The Hall–Kier alpha value is -0.610. The molecule has 0 aromatic heterocycles. The highest BCUT2D eigenvalue weighted by Crippen LogP contribution is 2.06. The first-order chi connectivity index (χ1) is 5.39. The molecule has 0 fully saturated rings. The van der Waals surface area contributed by atoms with E-state index in [0.717, 1.165) is 0 Å². The highest BCUT2D eigenvalue weighted by molar-refractivity contribution is 5.81. The highest BCUT2D eigenvalue weighted by atomic mass is 16.3. The lowest BCUT2D eigenvalue weighted by atomic mass is 10.0. The highest BCUT2D eigenvalue weighted by Gasteiger charge is 2.20. The van der Waals surface area contributed by atoms with Gasteiger partial charge in [0.25, 0.3) is 0 Å². The van der Waals surface area contributed by atoms with Crippen molar-refractivity contribution in [2.24, 2.45) is 5.73 Å². The van der Waals surface area contributed by atoms with Gasteiger partial charge >= 0.3 is 0 Å². The van der Waals surface area contributed by atoms with E-state index < -0.39 is 6.04 Å². The Morgan fingerprint density at radius 3 is 2.50 bits per heavy atom. The van der Waals surface area contributed by atoms with Crippen LogP contribution in [0.15, 0.2) is 0 Å². The predicted molar refractivity (Wildman–Crippen MR) is 47.6 cm³/mol.